The van der Waals surface area contributed by atoms with Crippen LogP contribution >= 0.6 is 0 Å². The van der Waals surface area contributed by atoms with Crippen LogP contribution in [0.15, 0.2) is 16.9 Å². The number of amides is 1. The Bertz CT molecular complexity index is 1690. The van der Waals surface area contributed by atoms with Gasteiger partial charge in [0.1, 0.15) is 18.5 Å². The largest absolute Gasteiger partial charge is 0.458 e. The molecule has 10 nitrogen and oxygen atoms in total. The molecule has 40 heavy (non-hydrogen) atoms. The molecule has 0 saturated carbocycles. The fourth-order valence-electron chi connectivity index (χ4n) is 6.71. The number of fused-ring (bicyclic) bond motifs is 5. The molecule has 7 rings (SSSR count). The number of benzene rings is 1. The van der Waals surface area contributed by atoms with Gasteiger partial charge in [0.2, 0.25) is 5.91 Å². The molecule has 1 amide bonds. The molecule has 1 fully saturated rings. The Balaban J connectivity index is 1.44. The van der Waals surface area contributed by atoms with E-state index in [0.29, 0.717) is 48.5 Å². The first kappa shape index (κ1) is 25.3. The zero-order valence-electron chi connectivity index (χ0n) is 22.2. The smallest absolute Gasteiger partial charge is 0.343 e. The highest BCUT2D eigenvalue weighted by molar-refractivity contribution is 5.94. The van der Waals surface area contributed by atoms with Gasteiger partial charge in [-0.2, -0.15) is 0 Å². The summed E-state index contributed by atoms with van der Waals surface area (Å²) in [5.41, 5.74) is 2.49. The van der Waals surface area contributed by atoms with Crippen molar-refractivity contribution >= 4 is 22.8 Å². The number of rotatable bonds is 3. The first-order valence-electron chi connectivity index (χ1n) is 13.7. The lowest BCUT2D eigenvalue weighted by atomic mass is 9.81. The molecule has 2 aromatic heterocycles. The van der Waals surface area contributed by atoms with Crippen molar-refractivity contribution in [2.24, 2.45) is 0 Å². The number of carbonyl (C=O) groups excluding carboxylic acids is 2. The quantitative estimate of drug-likeness (QED) is 0.329. The summed E-state index contributed by atoms with van der Waals surface area (Å²) in [5, 5.41) is 18.4. The van der Waals surface area contributed by atoms with Crippen LogP contribution in [0.2, 0.25) is 0 Å². The minimum Gasteiger partial charge on any atom is -0.458 e. The number of esters is 1. The van der Waals surface area contributed by atoms with Gasteiger partial charge in [0, 0.05) is 29.1 Å². The van der Waals surface area contributed by atoms with E-state index in [1.54, 1.807) is 24.5 Å². The van der Waals surface area contributed by atoms with Crippen molar-refractivity contribution in [3.8, 4) is 11.4 Å². The summed E-state index contributed by atoms with van der Waals surface area (Å²) in [7, 11) is 0. The average molecular weight is 549 g/mol. The lowest BCUT2D eigenvalue weighted by Crippen LogP contribution is -2.52. The van der Waals surface area contributed by atoms with E-state index < -0.39 is 17.6 Å². The number of aryl methyl sites for hydroxylation is 1. The third-order valence-corrected chi connectivity index (χ3v) is 8.93. The summed E-state index contributed by atoms with van der Waals surface area (Å²) in [6, 6.07) is 2.18. The highest BCUT2D eigenvalue weighted by Crippen LogP contribution is 2.45. The summed E-state index contributed by atoms with van der Waals surface area (Å²) in [5.74, 6) is -1.34. The lowest BCUT2D eigenvalue weighted by Gasteiger charge is -2.32. The first-order valence-corrected chi connectivity index (χ1v) is 13.7. The molecule has 0 bridgehead atoms. The van der Waals surface area contributed by atoms with Crippen LogP contribution < -0.4 is 16.2 Å². The first-order chi connectivity index (χ1) is 19.2. The van der Waals surface area contributed by atoms with Crippen LogP contribution in [0.5, 0.6) is 0 Å². The van der Waals surface area contributed by atoms with Gasteiger partial charge in [-0.25, -0.2) is 14.2 Å². The van der Waals surface area contributed by atoms with Crippen molar-refractivity contribution in [1.29, 1.82) is 0 Å². The predicted octanol–water partition coefficient (Wildman–Crippen LogP) is 1.62. The van der Waals surface area contributed by atoms with Crippen molar-refractivity contribution < 1.29 is 28.6 Å². The van der Waals surface area contributed by atoms with E-state index in [1.165, 1.54) is 6.07 Å². The Kier molecular flexibility index (Phi) is 5.64. The van der Waals surface area contributed by atoms with Crippen LogP contribution in [0.25, 0.3) is 22.3 Å². The number of pyridine rings is 2. The molecule has 0 radical (unpaired) electrons. The molecular weight excluding hydrogens is 519 g/mol. The number of hydrogen-bond donors (Lipinski definition) is 3. The topological polar surface area (TPSA) is 132 Å². The number of carbonyl (C=O) groups is 2. The second-order valence-electron chi connectivity index (χ2n) is 11.0. The monoisotopic (exact) mass is 548 g/mol. The molecule has 3 aliphatic heterocycles. The molecule has 0 spiro atoms. The number of ether oxygens (including phenoxy) is 2. The molecular formula is C29H29FN4O6. The molecule has 11 heteroatoms. The van der Waals surface area contributed by atoms with Crippen LogP contribution in [0.1, 0.15) is 59.2 Å². The summed E-state index contributed by atoms with van der Waals surface area (Å²) >= 11 is 0. The Labute approximate surface area is 228 Å². The Morgan fingerprint density at radius 3 is 2.88 bits per heavy atom. The molecule has 208 valence electrons. The Morgan fingerprint density at radius 1 is 1.30 bits per heavy atom. The zero-order valence-corrected chi connectivity index (χ0v) is 22.2. The molecule has 1 aliphatic carbocycles. The fraction of sp³-hybridized carbons (Fsp3) is 0.448. The molecule has 3 atom stereocenters. The standard InChI is InChI=1S/C29H29FN4O6/c1-3-29(38)17-8-22-25-15(10-34(22)27(36)16(17)11-40-28(29)37)24-19(33-26(35)21-12-39-7-6-31-21)5-4-14-13(2)18(30)9-20(32-25)23(14)24/h8-9,19,21,31,38H,3-7,10-12H2,1-2H3,(H,33,35)/t19-,21?,29-/m0/s1. The van der Waals surface area contributed by atoms with Gasteiger partial charge in [-0.1, -0.05) is 6.92 Å². The number of hydrogen-bond acceptors (Lipinski definition) is 8. The summed E-state index contributed by atoms with van der Waals surface area (Å²) in [4.78, 5) is 44.3. The van der Waals surface area contributed by atoms with E-state index >= 15 is 4.39 Å². The summed E-state index contributed by atoms with van der Waals surface area (Å²) in [6.45, 7) is 4.77. The molecule has 1 aromatic carbocycles. The highest BCUT2D eigenvalue weighted by Gasteiger charge is 2.46. The minimum atomic E-state index is -1.95. The van der Waals surface area contributed by atoms with Crippen LogP contribution in [-0.2, 0) is 44.2 Å². The SMILES string of the molecule is CC[C@@]1(O)C(=O)OCc2c1cc1n(c2=O)Cc2c-1nc1cc(F)c(C)c3c1c2[C@@H](NC(=O)C1COCCN1)CC3. The normalized spacial score (nSPS) is 24.8. The number of aromatic nitrogens is 2. The maximum Gasteiger partial charge on any atom is 0.343 e. The average Bonchev–Trinajstić information content (AvgIpc) is 3.33. The van der Waals surface area contributed by atoms with Gasteiger partial charge in [-0.15, -0.1) is 0 Å². The number of nitrogens with one attached hydrogen (secondary N) is 2. The van der Waals surface area contributed by atoms with E-state index in [2.05, 4.69) is 10.6 Å². The molecule has 4 aliphatic rings. The van der Waals surface area contributed by atoms with E-state index in [4.69, 9.17) is 14.5 Å². The maximum absolute atomic E-state index is 15.1. The van der Waals surface area contributed by atoms with Crippen LogP contribution in [-0.4, -0.2) is 52.3 Å². The van der Waals surface area contributed by atoms with E-state index in [9.17, 15) is 19.5 Å². The predicted molar refractivity (Wildman–Crippen MR) is 141 cm³/mol. The Morgan fingerprint density at radius 2 is 2.12 bits per heavy atom. The van der Waals surface area contributed by atoms with E-state index in [0.717, 1.165) is 22.1 Å². The third-order valence-electron chi connectivity index (χ3n) is 8.93. The third kappa shape index (κ3) is 3.44. The van der Waals surface area contributed by atoms with Crippen molar-refractivity contribution in [2.75, 3.05) is 19.8 Å². The van der Waals surface area contributed by atoms with Crippen LogP contribution in [0.3, 0.4) is 0 Å². The summed E-state index contributed by atoms with van der Waals surface area (Å²) < 4.78 is 27.3. The van der Waals surface area contributed by atoms with Gasteiger partial charge in [0.05, 0.1) is 48.3 Å². The number of aliphatic hydroxyl groups is 1. The van der Waals surface area contributed by atoms with Gasteiger partial charge in [0.25, 0.3) is 5.56 Å². The van der Waals surface area contributed by atoms with Gasteiger partial charge in [-0.3, -0.25) is 9.59 Å². The van der Waals surface area contributed by atoms with Crippen LogP contribution in [0, 0.1) is 12.7 Å². The van der Waals surface area contributed by atoms with Gasteiger partial charge in [-0.05, 0) is 48.9 Å². The molecule has 5 heterocycles. The summed E-state index contributed by atoms with van der Waals surface area (Å²) in [6.07, 6.45) is 1.16. The van der Waals surface area contributed by atoms with Gasteiger partial charge in [0.15, 0.2) is 5.60 Å². The molecule has 1 unspecified atom stereocenters. The maximum atomic E-state index is 15.1. The second kappa shape index (κ2) is 8.92. The Hall–Kier alpha value is -3.67. The number of morpholine rings is 1. The molecule has 1 saturated heterocycles. The van der Waals surface area contributed by atoms with Gasteiger partial charge >= 0.3 is 5.97 Å². The second-order valence-corrected chi connectivity index (χ2v) is 11.0. The number of halogens is 1. The van der Waals surface area contributed by atoms with E-state index in [-0.39, 0.29) is 60.6 Å². The van der Waals surface area contributed by atoms with Crippen molar-refractivity contribution in [2.45, 2.75) is 63.9 Å². The lowest BCUT2D eigenvalue weighted by molar-refractivity contribution is -0.172. The van der Waals surface area contributed by atoms with Crippen molar-refractivity contribution in [1.82, 2.24) is 20.2 Å². The molecule has 3 aromatic rings. The van der Waals surface area contributed by atoms with Crippen molar-refractivity contribution in [3.63, 3.8) is 0 Å². The van der Waals surface area contributed by atoms with Crippen LogP contribution in [0.4, 0.5) is 4.39 Å². The zero-order chi connectivity index (χ0) is 27.9. The van der Waals surface area contributed by atoms with Crippen molar-refractivity contribution in [3.05, 3.63) is 61.7 Å². The fourth-order valence-corrected chi connectivity index (χ4v) is 6.71. The van der Waals surface area contributed by atoms with E-state index in [1.807, 2.05) is 0 Å². The molecule has 3 N–H and O–H groups in total. The highest BCUT2D eigenvalue weighted by atomic mass is 19.1. The van der Waals surface area contributed by atoms with Gasteiger partial charge < -0.3 is 29.8 Å². The number of nitrogens with zero attached hydrogens (tertiary/aromatic N) is 2. The number of cyclic esters (lactones) is 1. The minimum absolute atomic E-state index is 0.0336.